The van der Waals surface area contributed by atoms with Gasteiger partial charge in [-0.25, -0.2) is 0 Å². The van der Waals surface area contributed by atoms with Crippen LogP contribution in [0.15, 0.2) is 23.1 Å². The van der Waals surface area contributed by atoms with Crippen molar-refractivity contribution in [2.24, 2.45) is 0 Å². The Balaban J connectivity index is 4.03. The summed E-state index contributed by atoms with van der Waals surface area (Å²) >= 11 is 1.77. The summed E-state index contributed by atoms with van der Waals surface area (Å²) in [6, 6.07) is 0. The molecule has 0 N–H and O–H groups in total. The zero-order valence-corrected chi connectivity index (χ0v) is 8.33. The highest BCUT2D eigenvalue weighted by Gasteiger charge is 1.97. The van der Waals surface area contributed by atoms with E-state index in [0.29, 0.717) is 0 Å². The fourth-order valence-electron chi connectivity index (χ4n) is 0.769. The molecule has 0 aromatic heterocycles. The molecule has 0 aromatic carbocycles. The van der Waals surface area contributed by atoms with E-state index in [1.165, 1.54) is 10.5 Å². The van der Waals surface area contributed by atoms with Gasteiger partial charge in [0.1, 0.15) is 0 Å². The van der Waals surface area contributed by atoms with Crippen LogP contribution in [-0.4, -0.2) is 20.0 Å². The van der Waals surface area contributed by atoms with E-state index >= 15 is 0 Å². The highest BCUT2D eigenvalue weighted by molar-refractivity contribution is 8.02. The normalized spacial score (nSPS) is 12.6. The summed E-state index contributed by atoms with van der Waals surface area (Å²) < 4.78 is 4.99. The van der Waals surface area contributed by atoms with Crippen molar-refractivity contribution in [3.63, 3.8) is 0 Å². The molecule has 0 saturated heterocycles. The van der Waals surface area contributed by atoms with Crippen molar-refractivity contribution >= 4 is 11.8 Å². The van der Waals surface area contributed by atoms with Gasteiger partial charge in [-0.05, 0) is 23.7 Å². The van der Waals surface area contributed by atoms with Crippen molar-refractivity contribution in [2.45, 2.75) is 13.3 Å². The standard InChI is InChI=1S/C9H16OS/c1-5-8(2)9(11-4)6-7-10-3/h5H,1,6-7H2,2-4H3/b9-8-. The molecule has 0 saturated carbocycles. The number of ether oxygens (including phenoxy) is 1. The first-order valence-corrected chi connectivity index (χ1v) is 4.83. The average Bonchev–Trinajstić information content (AvgIpc) is 2.05. The van der Waals surface area contributed by atoms with Gasteiger partial charge in [-0.3, -0.25) is 0 Å². The van der Waals surface area contributed by atoms with Crippen LogP contribution in [0.25, 0.3) is 0 Å². The molecule has 0 aliphatic rings. The lowest BCUT2D eigenvalue weighted by Gasteiger charge is -2.05. The summed E-state index contributed by atoms with van der Waals surface area (Å²) in [6.07, 6.45) is 4.97. The molecule has 2 heteroatoms. The molecule has 11 heavy (non-hydrogen) atoms. The second kappa shape index (κ2) is 6.50. The van der Waals surface area contributed by atoms with Crippen molar-refractivity contribution in [2.75, 3.05) is 20.0 Å². The Morgan fingerprint density at radius 2 is 2.27 bits per heavy atom. The predicted molar refractivity (Wildman–Crippen MR) is 52.9 cm³/mol. The van der Waals surface area contributed by atoms with Gasteiger partial charge in [0.2, 0.25) is 0 Å². The molecule has 0 aliphatic carbocycles. The van der Waals surface area contributed by atoms with Crippen molar-refractivity contribution in [3.05, 3.63) is 23.1 Å². The molecular weight excluding hydrogens is 156 g/mol. The number of methoxy groups -OCH3 is 1. The Morgan fingerprint density at radius 1 is 1.64 bits per heavy atom. The number of rotatable bonds is 5. The molecule has 0 rings (SSSR count). The topological polar surface area (TPSA) is 9.23 Å². The van der Waals surface area contributed by atoms with E-state index in [1.807, 2.05) is 6.08 Å². The quantitative estimate of drug-likeness (QED) is 0.590. The van der Waals surface area contributed by atoms with Gasteiger partial charge in [-0.15, -0.1) is 11.8 Å². The first kappa shape index (κ1) is 10.8. The van der Waals surface area contributed by atoms with Gasteiger partial charge >= 0.3 is 0 Å². The minimum atomic E-state index is 0.793. The zero-order valence-electron chi connectivity index (χ0n) is 7.52. The maximum atomic E-state index is 4.99. The van der Waals surface area contributed by atoms with Crippen molar-refractivity contribution in [1.29, 1.82) is 0 Å². The van der Waals surface area contributed by atoms with Gasteiger partial charge in [-0.1, -0.05) is 12.7 Å². The van der Waals surface area contributed by atoms with Gasteiger partial charge in [0, 0.05) is 13.5 Å². The summed E-state index contributed by atoms with van der Waals surface area (Å²) in [7, 11) is 1.72. The van der Waals surface area contributed by atoms with Crippen LogP contribution in [0.3, 0.4) is 0 Å². The van der Waals surface area contributed by atoms with E-state index in [0.717, 1.165) is 13.0 Å². The van der Waals surface area contributed by atoms with E-state index in [2.05, 4.69) is 19.8 Å². The fourth-order valence-corrected chi connectivity index (χ4v) is 1.46. The summed E-state index contributed by atoms with van der Waals surface area (Å²) in [5.74, 6) is 0. The largest absolute Gasteiger partial charge is 0.384 e. The van der Waals surface area contributed by atoms with Crippen LogP contribution < -0.4 is 0 Å². The second-order valence-electron chi connectivity index (χ2n) is 2.26. The maximum absolute atomic E-state index is 4.99. The monoisotopic (exact) mass is 172 g/mol. The Labute approximate surface area is 73.5 Å². The van der Waals surface area contributed by atoms with E-state index in [1.54, 1.807) is 18.9 Å². The lowest BCUT2D eigenvalue weighted by molar-refractivity contribution is 0.203. The van der Waals surface area contributed by atoms with Crippen LogP contribution in [0.4, 0.5) is 0 Å². The third-order valence-corrected chi connectivity index (χ3v) is 2.54. The first-order chi connectivity index (χ1) is 5.26. The second-order valence-corrected chi connectivity index (χ2v) is 3.16. The molecule has 0 bridgehead atoms. The van der Waals surface area contributed by atoms with Gasteiger partial charge < -0.3 is 4.74 Å². The summed E-state index contributed by atoms with van der Waals surface area (Å²) in [5, 5.41) is 0. The maximum Gasteiger partial charge on any atom is 0.0507 e. The number of hydrogen-bond donors (Lipinski definition) is 0. The smallest absolute Gasteiger partial charge is 0.0507 e. The van der Waals surface area contributed by atoms with Crippen LogP contribution in [0.5, 0.6) is 0 Å². The Morgan fingerprint density at radius 3 is 2.64 bits per heavy atom. The van der Waals surface area contributed by atoms with E-state index in [4.69, 9.17) is 4.74 Å². The fraction of sp³-hybridized carbons (Fsp3) is 0.556. The average molecular weight is 172 g/mol. The molecular formula is C9H16OS. The van der Waals surface area contributed by atoms with Gasteiger partial charge in [0.05, 0.1) is 6.61 Å². The van der Waals surface area contributed by atoms with Gasteiger partial charge in [-0.2, -0.15) is 0 Å². The van der Waals surface area contributed by atoms with Gasteiger partial charge in [0.25, 0.3) is 0 Å². The van der Waals surface area contributed by atoms with Crippen molar-refractivity contribution in [1.82, 2.24) is 0 Å². The number of thioether (sulfide) groups is 1. The van der Waals surface area contributed by atoms with Crippen molar-refractivity contribution < 1.29 is 4.74 Å². The highest BCUT2D eigenvalue weighted by atomic mass is 32.2. The Kier molecular flexibility index (Phi) is 6.37. The van der Waals surface area contributed by atoms with Crippen LogP contribution in [0.2, 0.25) is 0 Å². The van der Waals surface area contributed by atoms with E-state index in [9.17, 15) is 0 Å². The molecule has 0 radical (unpaired) electrons. The third-order valence-electron chi connectivity index (χ3n) is 1.53. The SMILES string of the molecule is C=C/C(C)=C(/CCOC)SC. The first-order valence-electron chi connectivity index (χ1n) is 3.61. The van der Waals surface area contributed by atoms with Crippen LogP contribution in [-0.2, 0) is 4.74 Å². The van der Waals surface area contributed by atoms with Crippen LogP contribution in [0, 0.1) is 0 Å². The highest BCUT2D eigenvalue weighted by Crippen LogP contribution is 2.20. The summed E-state index contributed by atoms with van der Waals surface area (Å²) in [4.78, 5) is 1.36. The van der Waals surface area contributed by atoms with Crippen LogP contribution in [0.1, 0.15) is 13.3 Å². The minimum absolute atomic E-state index is 0.793. The van der Waals surface area contributed by atoms with Crippen LogP contribution >= 0.6 is 11.8 Å². The molecule has 0 unspecified atom stereocenters. The molecule has 1 nitrogen and oxygen atoms in total. The lowest BCUT2D eigenvalue weighted by atomic mass is 10.2. The molecule has 64 valence electrons. The summed E-state index contributed by atoms with van der Waals surface area (Å²) in [6.45, 7) is 6.60. The lowest BCUT2D eigenvalue weighted by Crippen LogP contribution is -1.90. The Bertz CT molecular complexity index is 150. The minimum Gasteiger partial charge on any atom is -0.384 e. The Hall–Kier alpha value is -0.210. The molecule has 0 spiro atoms. The zero-order chi connectivity index (χ0) is 8.69. The molecule has 0 fully saturated rings. The molecule has 0 heterocycles. The summed E-state index contributed by atoms with van der Waals surface area (Å²) in [5.41, 5.74) is 1.26. The van der Waals surface area contributed by atoms with Crippen molar-refractivity contribution in [3.8, 4) is 0 Å². The molecule has 0 aromatic rings. The number of hydrogen-bond acceptors (Lipinski definition) is 2. The molecule has 0 aliphatic heterocycles. The predicted octanol–water partition coefficient (Wildman–Crippen LogP) is 2.85. The van der Waals surface area contributed by atoms with Gasteiger partial charge in [0.15, 0.2) is 0 Å². The molecule has 0 atom stereocenters. The van der Waals surface area contributed by atoms with E-state index < -0.39 is 0 Å². The molecule has 0 amide bonds. The third kappa shape index (κ3) is 4.27. The van der Waals surface area contributed by atoms with E-state index in [-0.39, 0.29) is 0 Å². The number of allylic oxidation sites excluding steroid dienone is 2.